The van der Waals surface area contributed by atoms with Gasteiger partial charge in [-0.2, -0.15) is 0 Å². The van der Waals surface area contributed by atoms with Crippen LogP contribution >= 0.6 is 11.6 Å². The van der Waals surface area contributed by atoms with Gasteiger partial charge in [0, 0.05) is 29.5 Å². The molecule has 2 N–H and O–H groups in total. The summed E-state index contributed by atoms with van der Waals surface area (Å²) >= 11 is 5.60. The molecule has 220 valence electrons. The maximum absolute atomic E-state index is 9.22. The molecule has 2 aromatic heterocycles. The molecule has 6 nitrogen and oxygen atoms in total. The number of pyridine rings is 2. The van der Waals surface area contributed by atoms with Crippen molar-refractivity contribution >= 4 is 24.2 Å². The fourth-order valence-corrected chi connectivity index (χ4v) is 4.54. The van der Waals surface area contributed by atoms with Crippen molar-refractivity contribution in [2.45, 2.75) is 0 Å². The molecule has 0 fully saturated rings. The van der Waals surface area contributed by atoms with Crippen LogP contribution in [0.2, 0.25) is 5.02 Å². The van der Waals surface area contributed by atoms with Crippen molar-refractivity contribution in [3.05, 3.63) is 151 Å². The molecule has 0 aliphatic heterocycles. The van der Waals surface area contributed by atoms with Crippen LogP contribution in [-0.4, -0.2) is 41.4 Å². The van der Waals surface area contributed by atoms with Crippen LogP contribution in [0.5, 0.6) is 11.8 Å². The smallest absolute Gasteiger partial charge is 0.481 e. The molecule has 44 heavy (non-hydrogen) atoms. The van der Waals surface area contributed by atoms with E-state index in [0.29, 0.717) is 22.2 Å². The summed E-state index contributed by atoms with van der Waals surface area (Å²) in [5, 5.41) is 19.1. The van der Waals surface area contributed by atoms with Crippen molar-refractivity contribution in [3.8, 4) is 45.1 Å². The monoisotopic (exact) mass is 602 g/mol. The third-order valence-corrected chi connectivity index (χ3v) is 6.73. The molecule has 0 bridgehead atoms. The molecule has 0 aliphatic rings. The lowest BCUT2D eigenvalue weighted by Crippen LogP contribution is -2.31. The van der Waals surface area contributed by atoms with E-state index in [0.717, 1.165) is 16.7 Å². The third kappa shape index (κ3) is 9.03. The van der Waals surface area contributed by atoms with Gasteiger partial charge < -0.3 is 19.5 Å². The summed E-state index contributed by atoms with van der Waals surface area (Å²) in [6.07, 6.45) is 3.37. The first-order valence-electron chi connectivity index (χ1n) is 13.8. The van der Waals surface area contributed by atoms with E-state index in [1.165, 1.54) is 16.7 Å². The van der Waals surface area contributed by atoms with Crippen LogP contribution < -0.4 is 14.9 Å². The number of benzene rings is 4. The molecule has 0 atom stereocenters. The van der Waals surface area contributed by atoms with E-state index in [1.54, 1.807) is 50.9 Å². The van der Waals surface area contributed by atoms with Crippen LogP contribution in [0.3, 0.4) is 0 Å². The highest BCUT2D eigenvalue weighted by atomic mass is 35.5. The van der Waals surface area contributed by atoms with Crippen LogP contribution in [0, 0.1) is 0 Å². The Morgan fingerprint density at radius 1 is 0.523 bits per heavy atom. The summed E-state index contributed by atoms with van der Waals surface area (Å²) < 4.78 is 10.0. The van der Waals surface area contributed by atoms with Gasteiger partial charge in [-0.25, -0.2) is 9.97 Å². The highest BCUT2D eigenvalue weighted by Gasteiger charge is 2.15. The summed E-state index contributed by atoms with van der Waals surface area (Å²) in [7, 11) is 1.76. The Kier molecular flexibility index (Phi) is 12.1. The second-order valence-corrected chi connectivity index (χ2v) is 9.78. The molecular formula is C36H32BClN2O4. The summed E-state index contributed by atoms with van der Waals surface area (Å²) in [6, 6.07) is 43.0. The lowest BCUT2D eigenvalue weighted by atomic mass is 9.75. The molecule has 2 heterocycles. The van der Waals surface area contributed by atoms with Gasteiger partial charge in [-0.1, -0.05) is 121 Å². The Labute approximate surface area is 263 Å². The first kappa shape index (κ1) is 32.0. The molecule has 0 saturated carbocycles. The van der Waals surface area contributed by atoms with E-state index in [1.807, 2.05) is 60.7 Å². The zero-order valence-corrected chi connectivity index (χ0v) is 25.2. The summed E-state index contributed by atoms with van der Waals surface area (Å²) in [4.78, 5) is 8.01. The van der Waals surface area contributed by atoms with Crippen LogP contribution in [0.15, 0.2) is 146 Å². The zero-order chi connectivity index (χ0) is 31.1. The van der Waals surface area contributed by atoms with Crippen molar-refractivity contribution in [1.29, 1.82) is 0 Å². The average Bonchev–Trinajstić information content (AvgIpc) is 3.09. The van der Waals surface area contributed by atoms with Crippen LogP contribution in [0.4, 0.5) is 0 Å². The van der Waals surface area contributed by atoms with Gasteiger partial charge >= 0.3 is 7.12 Å². The molecule has 8 heteroatoms. The van der Waals surface area contributed by atoms with Gasteiger partial charge in [0.15, 0.2) is 0 Å². The van der Waals surface area contributed by atoms with Crippen molar-refractivity contribution in [1.82, 2.24) is 9.97 Å². The van der Waals surface area contributed by atoms with E-state index in [2.05, 4.69) is 58.5 Å². The Morgan fingerprint density at radius 2 is 0.977 bits per heavy atom. The molecule has 0 saturated heterocycles. The highest BCUT2D eigenvalue weighted by Crippen LogP contribution is 2.32. The van der Waals surface area contributed by atoms with Gasteiger partial charge in [-0.3, -0.25) is 0 Å². The Balaban J connectivity index is 0.000000162. The Morgan fingerprint density at radius 3 is 1.50 bits per heavy atom. The first-order valence-corrected chi connectivity index (χ1v) is 14.2. The van der Waals surface area contributed by atoms with Gasteiger partial charge in [-0.05, 0) is 51.0 Å². The first-order chi connectivity index (χ1) is 21.5. The number of halogens is 1. The van der Waals surface area contributed by atoms with Crippen LogP contribution in [0.25, 0.3) is 33.4 Å². The second-order valence-electron chi connectivity index (χ2n) is 9.34. The number of hydrogen-bond donors (Lipinski definition) is 2. The minimum atomic E-state index is -1.43. The summed E-state index contributed by atoms with van der Waals surface area (Å²) in [5.41, 5.74) is 7.08. The minimum Gasteiger partial charge on any atom is -0.481 e. The number of aromatic nitrogens is 2. The standard InChI is InChI=1S/C18H15NO.C12H11BO2.C6H6ClNO/c1-20-18-13-15(11-12-19-18)17-10-6-5-9-16(17)14-7-3-2-4-8-14;14-13(15)12-9-5-4-8-11(12)10-6-2-1-3-7-10;1-9-6-4-5(7)2-3-8-6/h2-13H,1H3;1-9,14-15H;2-4H,1H3. The molecule has 0 spiro atoms. The van der Waals surface area contributed by atoms with Crippen molar-refractivity contribution in [2.24, 2.45) is 0 Å². The number of methoxy groups -OCH3 is 2. The molecule has 0 amide bonds. The normalized spacial score (nSPS) is 9.93. The van der Waals surface area contributed by atoms with Gasteiger partial charge in [0.25, 0.3) is 0 Å². The quantitative estimate of drug-likeness (QED) is 0.196. The summed E-state index contributed by atoms with van der Waals surface area (Å²) in [6.45, 7) is 0. The number of hydrogen-bond acceptors (Lipinski definition) is 6. The second kappa shape index (κ2) is 16.6. The van der Waals surface area contributed by atoms with Crippen molar-refractivity contribution < 1.29 is 19.5 Å². The molecule has 4 aromatic carbocycles. The Bertz CT molecular complexity index is 1740. The van der Waals surface area contributed by atoms with E-state index in [9.17, 15) is 10.0 Å². The molecule has 0 unspecified atom stereocenters. The predicted octanol–water partition coefficient (Wildman–Crippen LogP) is 7.20. The van der Waals surface area contributed by atoms with Gasteiger partial charge in [-0.15, -0.1) is 0 Å². The largest absolute Gasteiger partial charge is 0.489 e. The maximum atomic E-state index is 9.22. The molecule has 6 rings (SSSR count). The lowest BCUT2D eigenvalue weighted by molar-refractivity contribution is 0.398. The van der Waals surface area contributed by atoms with Crippen LogP contribution in [0.1, 0.15) is 0 Å². The van der Waals surface area contributed by atoms with Gasteiger partial charge in [0.1, 0.15) is 0 Å². The molecular weight excluding hydrogens is 571 g/mol. The van der Waals surface area contributed by atoms with Crippen molar-refractivity contribution in [3.63, 3.8) is 0 Å². The fourth-order valence-electron chi connectivity index (χ4n) is 4.39. The maximum Gasteiger partial charge on any atom is 0.489 e. The van der Waals surface area contributed by atoms with E-state index >= 15 is 0 Å². The number of ether oxygens (including phenoxy) is 2. The predicted molar refractivity (Wildman–Crippen MR) is 179 cm³/mol. The summed E-state index contributed by atoms with van der Waals surface area (Å²) in [5.74, 6) is 1.17. The zero-order valence-electron chi connectivity index (χ0n) is 24.4. The van der Waals surface area contributed by atoms with E-state index in [4.69, 9.17) is 21.1 Å². The molecule has 6 aromatic rings. The highest BCUT2D eigenvalue weighted by molar-refractivity contribution is 6.60. The van der Waals surface area contributed by atoms with Crippen molar-refractivity contribution in [2.75, 3.05) is 14.2 Å². The Hall–Kier alpha value is -4.95. The molecule has 0 aliphatic carbocycles. The topological polar surface area (TPSA) is 84.7 Å². The van der Waals surface area contributed by atoms with Crippen LogP contribution in [-0.2, 0) is 0 Å². The third-order valence-electron chi connectivity index (χ3n) is 6.50. The lowest BCUT2D eigenvalue weighted by Gasteiger charge is -2.10. The SMILES string of the molecule is COc1cc(-c2ccccc2-c2ccccc2)ccn1.COc1cc(Cl)ccn1.OB(O)c1ccccc1-c1ccccc1. The van der Waals surface area contributed by atoms with Gasteiger partial charge in [0.05, 0.1) is 14.2 Å². The average molecular weight is 603 g/mol. The van der Waals surface area contributed by atoms with E-state index in [-0.39, 0.29) is 0 Å². The fraction of sp³-hybridized carbons (Fsp3) is 0.0556. The number of rotatable bonds is 6. The number of nitrogens with zero attached hydrogens (tertiary/aromatic N) is 2. The van der Waals surface area contributed by atoms with Gasteiger partial charge in [0.2, 0.25) is 11.8 Å². The molecule has 0 radical (unpaired) electrons. The van der Waals surface area contributed by atoms with E-state index < -0.39 is 7.12 Å². The minimum absolute atomic E-state index is 0.531.